The average molecular weight is 501 g/mol. The highest BCUT2D eigenvalue weighted by Gasteiger charge is 2.34. The quantitative estimate of drug-likeness (QED) is 0.445. The number of sulfonamides is 1. The molecule has 174 valence electrons. The van der Waals surface area contributed by atoms with Gasteiger partial charge in [-0.15, -0.1) is 0 Å². The number of nitrogens with zero attached hydrogens (tertiary/aromatic N) is 1. The molecular formula is C22H17ClF4N2O3S. The summed E-state index contributed by atoms with van der Waals surface area (Å²) < 4.78 is 80.8. The fraction of sp³-hybridized carbons (Fsp3) is 0.136. The van der Waals surface area contributed by atoms with Gasteiger partial charge in [-0.05, 0) is 49.4 Å². The minimum absolute atomic E-state index is 0.185. The summed E-state index contributed by atoms with van der Waals surface area (Å²) in [5.74, 6) is -1.88. The molecule has 3 aromatic carbocycles. The predicted octanol–water partition coefficient (Wildman–Crippen LogP) is 5.64. The molecule has 0 saturated carbocycles. The van der Waals surface area contributed by atoms with Crippen LogP contribution < -0.4 is 9.62 Å². The fourth-order valence-electron chi connectivity index (χ4n) is 2.94. The molecule has 0 aromatic heterocycles. The zero-order valence-corrected chi connectivity index (χ0v) is 18.6. The molecule has 0 aliphatic rings. The maximum Gasteiger partial charge on any atom is 0.417 e. The summed E-state index contributed by atoms with van der Waals surface area (Å²) >= 11 is 5.58. The molecule has 0 fully saturated rings. The standard InChI is InChI=1S/C22H17ClF4N2O3S/c1-14-6-9-16(10-7-14)33(31,32)29(20-5-3-2-4-19(20)24)13-21(30)28-15-8-11-18(23)17(12-15)22(25,26)27/h2-12H,13H2,1H3,(H,28,30). The van der Waals surface area contributed by atoms with E-state index < -0.39 is 45.1 Å². The molecule has 0 radical (unpaired) electrons. The fourth-order valence-corrected chi connectivity index (χ4v) is 4.60. The number of halogens is 5. The molecule has 1 N–H and O–H groups in total. The Kier molecular flexibility index (Phi) is 6.99. The molecule has 0 unspecified atom stereocenters. The largest absolute Gasteiger partial charge is 0.417 e. The second-order valence-electron chi connectivity index (χ2n) is 7.02. The van der Waals surface area contributed by atoms with Gasteiger partial charge in [0.1, 0.15) is 12.4 Å². The SMILES string of the molecule is Cc1ccc(S(=O)(=O)N(CC(=O)Nc2ccc(Cl)c(C(F)(F)F)c2)c2ccccc2F)cc1. The van der Waals surface area contributed by atoms with Crippen molar-refractivity contribution >= 4 is 38.9 Å². The van der Waals surface area contributed by atoms with Gasteiger partial charge in [-0.1, -0.05) is 41.4 Å². The third-order valence-electron chi connectivity index (χ3n) is 4.57. The molecule has 0 saturated heterocycles. The van der Waals surface area contributed by atoms with Gasteiger partial charge in [0.2, 0.25) is 5.91 Å². The van der Waals surface area contributed by atoms with Crippen LogP contribution in [0.3, 0.4) is 0 Å². The minimum atomic E-state index is -4.76. The Morgan fingerprint density at radius 1 is 1.03 bits per heavy atom. The van der Waals surface area contributed by atoms with Crippen LogP contribution in [-0.2, 0) is 21.0 Å². The Balaban J connectivity index is 1.95. The van der Waals surface area contributed by atoms with Crippen LogP contribution >= 0.6 is 11.6 Å². The number of rotatable bonds is 6. The van der Waals surface area contributed by atoms with Crippen LogP contribution in [0.25, 0.3) is 0 Å². The van der Waals surface area contributed by atoms with E-state index in [1.54, 1.807) is 19.1 Å². The number of benzene rings is 3. The van der Waals surface area contributed by atoms with E-state index in [1.165, 1.54) is 30.3 Å². The van der Waals surface area contributed by atoms with Crippen LogP contribution in [-0.4, -0.2) is 20.9 Å². The number of anilines is 2. The van der Waals surface area contributed by atoms with E-state index in [9.17, 15) is 30.8 Å². The van der Waals surface area contributed by atoms with Crippen molar-refractivity contribution < 1.29 is 30.8 Å². The molecule has 3 aromatic rings. The first-order valence-corrected chi connectivity index (χ1v) is 11.2. The first-order valence-electron chi connectivity index (χ1n) is 9.40. The molecule has 1 amide bonds. The van der Waals surface area contributed by atoms with Gasteiger partial charge < -0.3 is 5.32 Å². The number of carbonyl (C=O) groups excluding carboxylic acids is 1. The number of para-hydroxylation sites is 1. The van der Waals surface area contributed by atoms with Crippen LogP contribution in [0, 0.1) is 12.7 Å². The summed E-state index contributed by atoms with van der Waals surface area (Å²) in [5, 5.41) is 1.65. The molecule has 0 aliphatic heterocycles. The summed E-state index contributed by atoms with van der Waals surface area (Å²) in [6, 6.07) is 13.4. The number of amides is 1. The van der Waals surface area contributed by atoms with Crippen LogP contribution in [0.2, 0.25) is 5.02 Å². The lowest BCUT2D eigenvalue weighted by molar-refractivity contribution is -0.137. The van der Waals surface area contributed by atoms with Gasteiger partial charge in [-0.2, -0.15) is 13.2 Å². The second-order valence-corrected chi connectivity index (χ2v) is 9.29. The maximum atomic E-state index is 14.5. The lowest BCUT2D eigenvalue weighted by Gasteiger charge is -2.24. The Bertz CT molecular complexity index is 1280. The average Bonchev–Trinajstić information content (AvgIpc) is 2.73. The predicted molar refractivity (Wildman–Crippen MR) is 117 cm³/mol. The smallest absolute Gasteiger partial charge is 0.324 e. The van der Waals surface area contributed by atoms with Gasteiger partial charge in [0.25, 0.3) is 10.0 Å². The Morgan fingerprint density at radius 3 is 2.27 bits per heavy atom. The third-order valence-corrected chi connectivity index (χ3v) is 6.68. The second kappa shape index (κ2) is 9.40. The van der Waals surface area contributed by atoms with E-state index >= 15 is 0 Å². The van der Waals surface area contributed by atoms with Crippen molar-refractivity contribution in [3.05, 3.63) is 88.7 Å². The number of hydrogen-bond donors (Lipinski definition) is 1. The lowest BCUT2D eigenvalue weighted by Crippen LogP contribution is -2.38. The molecule has 33 heavy (non-hydrogen) atoms. The van der Waals surface area contributed by atoms with Crippen molar-refractivity contribution in [2.45, 2.75) is 18.0 Å². The topological polar surface area (TPSA) is 66.5 Å². The first kappa shape index (κ1) is 24.5. The monoisotopic (exact) mass is 500 g/mol. The highest BCUT2D eigenvalue weighted by Crippen LogP contribution is 2.36. The van der Waals surface area contributed by atoms with E-state index in [-0.39, 0.29) is 16.3 Å². The zero-order valence-electron chi connectivity index (χ0n) is 17.0. The first-order chi connectivity index (χ1) is 15.4. The van der Waals surface area contributed by atoms with Crippen molar-refractivity contribution in [1.82, 2.24) is 0 Å². The van der Waals surface area contributed by atoms with E-state index in [2.05, 4.69) is 5.32 Å². The zero-order chi connectivity index (χ0) is 24.4. The normalized spacial score (nSPS) is 11.8. The van der Waals surface area contributed by atoms with E-state index in [0.717, 1.165) is 23.8 Å². The number of nitrogens with one attached hydrogen (secondary N) is 1. The molecule has 3 rings (SSSR count). The van der Waals surface area contributed by atoms with E-state index in [4.69, 9.17) is 11.6 Å². The summed E-state index contributed by atoms with van der Waals surface area (Å²) in [7, 11) is -4.39. The molecule has 5 nitrogen and oxygen atoms in total. The van der Waals surface area contributed by atoms with Gasteiger partial charge in [-0.25, -0.2) is 12.8 Å². The van der Waals surface area contributed by atoms with Crippen molar-refractivity contribution in [2.75, 3.05) is 16.2 Å². The molecular weight excluding hydrogens is 484 g/mol. The summed E-state index contributed by atoms with van der Waals surface area (Å²) in [6.07, 6.45) is -4.76. The van der Waals surface area contributed by atoms with Crippen molar-refractivity contribution in [1.29, 1.82) is 0 Å². The van der Waals surface area contributed by atoms with Gasteiger partial charge in [0.15, 0.2) is 0 Å². The molecule has 0 atom stereocenters. The summed E-state index contributed by atoms with van der Waals surface area (Å²) in [6.45, 7) is 0.862. The van der Waals surface area contributed by atoms with E-state index in [0.29, 0.717) is 10.4 Å². The van der Waals surface area contributed by atoms with Crippen LogP contribution in [0.15, 0.2) is 71.6 Å². The van der Waals surface area contributed by atoms with Gasteiger partial charge in [0.05, 0.1) is 21.2 Å². The van der Waals surface area contributed by atoms with Crippen LogP contribution in [0.5, 0.6) is 0 Å². The van der Waals surface area contributed by atoms with Gasteiger partial charge in [0, 0.05) is 5.69 Å². The van der Waals surface area contributed by atoms with Crippen molar-refractivity contribution in [3.63, 3.8) is 0 Å². The molecule has 11 heteroatoms. The number of hydrogen-bond acceptors (Lipinski definition) is 3. The highest BCUT2D eigenvalue weighted by atomic mass is 35.5. The van der Waals surface area contributed by atoms with Gasteiger partial charge in [-0.3, -0.25) is 9.10 Å². The summed E-state index contributed by atoms with van der Waals surface area (Å²) in [5.41, 5.74) is -1.02. The molecule has 0 aliphatic carbocycles. The number of carbonyl (C=O) groups is 1. The Hall–Kier alpha value is -3.11. The molecule has 0 spiro atoms. The number of alkyl halides is 3. The number of aryl methyl sites for hydroxylation is 1. The van der Waals surface area contributed by atoms with E-state index in [1.807, 2.05) is 0 Å². The van der Waals surface area contributed by atoms with Gasteiger partial charge >= 0.3 is 6.18 Å². The third kappa shape index (κ3) is 5.63. The Morgan fingerprint density at radius 2 is 1.67 bits per heavy atom. The minimum Gasteiger partial charge on any atom is -0.324 e. The summed E-state index contributed by atoms with van der Waals surface area (Å²) in [4.78, 5) is 12.4. The molecule has 0 bridgehead atoms. The van der Waals surface area contributed by atoms with Crippen molar-refractivity contribution in [2.24, 2.45) is 0 Å². The van der Waals surface area contributed by atoms with Crippen molar-refractivity contribution in [3.8, 4) is 0 Å². The highest BCUT2D eigenvalue weighted by molar-refractivity contribution is 7.92. The van der Waals surface area contributed by atoms with Crippen LogP contribution in [0.1, 0.15) is 11.1 Å². The molecule has 0 heterocycles. The lowest BCUT2D eigenvalue weighted by atomic mass is 10.2. The van der Waals surface area contributed by atoms with Crippen LogP contribution in [0.4, 0.5) is 28.9 Å². The Labute approximate surface area is 192 Å². The maximum absolute atomic E-state index is 14.5.